The summed E-state index contributed by atoms with van der Waals surface area (Å²) in [5, 5.41) is 8.88. The number of nitrogens with zero attached hydrogens (tertiary/aromatic N) is 1. The molecular formula is C12H22N2O2. The Morgan fingerprint density at radius 2 is 2.44 bits per heavy atom. The lowest BCUT2D eigenvalue weighted by Gasteiger charge is -2.19. The van der Waals surface area contributed by atoms with Crippen LogP contribution >= 0.6 is 0 Å². The molecule has 0 radical (unpaired) electrons. The molecule has 0 saturated carbocycles. The maximum atomic E-state index is 8.88. The van der Waals surface area contributed by atoms with Crippen LogP contribution in [0.5, 0.6) is 0 Å². The van der Waals surface area contributed by atoms with E-state index in [2.05, 4.69) is 6.07 Å². The van der Waals surface area contributed by atoms with Gasteiger partial charge >= 0.3 is 0 Å². The van der Waals surface area contributed by atoms with Gasteiger partial charge in [-0.25, -0.2) is 0 Å². The number of nitriles is 1. The first-order chi connectivity index (χ1) is 7.70. The van der Waals surface area contributed by atoms with Crippen LogP contribution in [0.4, 0.5) is 0 Å². The summed E-state index contributed by atoms with van der Waals surface area (Å²) in [5.74, 6) is 0.560. The smallest absolute Gasteiger partial charge is 0.104 e. The van der Waals surface area contributed by atoms with Gasteiger partial charge in [-0.3, -0.25) is 0 Å². The van der Waals surface area contributed by atoms with Gasteiger partial charge < -0.3 is 15.2 Å². The van der Waals surface area contributed by atoms with Gasteiger partial charge in [-0.1, -0.05) is 6.92 Å². The summed E-state index contributed by atoms with van der Waals surface area (Å²) in [4.78, 5) is 0. The van der Waals surface area contributed by atoms with Gasteiger partial charge in [0.1, 0.15) is 5.54 Å². The molecule has 1 fully saturated rings. The third kappa shape index (κ3) is 4.48. The highest BCUT2D eigenvalue weighted by atomic mass is 16.5. The molecule has 1 aliphatic heterocycles. The molecule has 0 aromatic rings. The molecule has 0 bridgehead atoms. The summed E-state index contributed by atoms with van der Waals surface area (Å²) < 4.78 is 10.8. The molecule has 2 N–H and O–H groups in total. The second-order valence-electron chi connectivity index (χ2n) is 4.53. The normalized spacial score (nSPS) is 23.9. The van der Waals surface area contributed by atoms with E-state index in [1.54, 1.807) is 0 Å². The second kappa shape index (κ2) is 6.85. The lowest BCUT2D eigenvalue weighted by atomic mass is 9.94. The fourth-order valence-corrected chi connectivity index (χ4v) is 1.77. The van der Waals surface area contributed by atoms with E-state index < -0.39 is 5.54 Å². The predicted octanol–water partition coefficient (Wildman–Crippen LogP) is 1.45. The van der Waals surface area contributed by atoms with Crippen molar-refractivity contribution < 1.29 is 9.47 Å². The second-order valence-corrected chi connectivity index (χ2v) is 4.53. The molecule has 0 aromatic carbocycles. The van der Waals surface area contributed by atoms with E-state index in [1.165, 1.54) is 0 Å². The van der Waals surface area contributed by atoms with Crippen LogP contribution in [0.3, 0.4) is 0 Å². The summed E-state index contributed by atoms with van der Waals surface area (Å²) in [6.45, 7) is 5.10. The molecule has 1 aliphatic rings. The van der Waals surface area contributed by atoms with Gasteiger partial charge in [0, 0.05) is 19.1 Å². The highest BCUT2D eigenvalue weighted by molar-refractivity contribution is 5.03. The highest BCUT2D eigenvalue weighted by Crippen LogP contribution is 2.14. The zero-order valence-corrected chi connectivity index (χ0v) is 10.1. The number of ether oxygens (including phenoxy) is 2. The van der Waals surface area contributed by atoms with Gasteiger partial charge in [0.05, 0.1) is 19.3 Å². The van der Waals surface area contributed by atoms with E-state index >= 15 is 0 Å². The first kappa shape index (κ1) is 13.4. The number of rotatable bonds is 7. The molecule has 16 heavy (non-hydrogen) atoms. The van der Waals surface area contributed by atoms with E-state index in [-0.39, 0.29) is 0 Å². The van der Waals surface area contributed by atoms with Crippen LogP contribution in [0, 0.1) is 17.2 Å². The van der Waals surface area contributed by atoms with E-state index in [0.717, 1.165) is 32.7 Å². The van der Waals surface area contributed by atoms with Crippen molar-refractivity contribution in [2.24, 2.45) is 11.7 Å². The van der Waals surface area contributed by atoms with Crippen molar-refractivity contribution >= 4 is 0 Å². The largest absolute Gasteiger partial charge is 0.381 e. The molecule has 0 spiro atoms. The molecule has 92 valence electrons. The maximum Gasteiger partial charge on any atom is 0.104 e. The Morgan fingerprint density at radius 1 is 1.62 bits per heavy atom. The first-order valence-corrected chi connectivity index (χ1v) is 6.06. The van der Waals surface area contributed by atoms with Crippen molar-refractivity contribution in [1.29, 1.82) is 5.26 Å². The molecule has 4 heteroatoms. The van der Waals surface area contributed by atoms with E-state index in [0.29, 0.717) is 25.4 Å². The Bertz CT molecular complexity index is 234. The molecule has 4 nitrogen and oxygen atoms in total. The Morgan fingerprint density at radius 3 is 3.00 bits per heavy atom. The lowest BCUT2D eigenvalue weighted by molar-refractivity contribution is 0.0854. The third-order valence-corrected chi connectivity index (χ3v) is 3.14. The van der Waals surface area contributed by atoms with Crippen LogP contribution in [0.2, 0.25) is 0 Å². The van der Waals surface area contributed by atoms with Gasteiger partial charge in [-0.2, -0.15) is 5.26 Å². The maximum absolute atomic E-state index is 8.88. The van der Waals surface area contributed by atoms with E-state index in [1.807, 2.05) is 6.92 Å². The molecule has 1 heterocycles. The minimum atomic E-state index is -0.667. The van der Waals surface area contributed by atoms with Gasteiger partial charge in [0.2, 0.25) is 0 Å². The lowest BCUT2D eigenvalue weighted by Crippen LogP contribution is -2.37. The van der Waals surface area contributed by atoms with Crippen molar-refractivity contribution in [2.45, 2.75) is 38.1 Å². The van der Waals surface area contributed by atoms with Crippen LogP contribution in [0.1, 0.15) is 32.6 Å². The third-order valence-electron chi connectivity index (χ3n) is 3.14. The van der Waals surface area contributed by atoms with Gasteiger partial charge in [0.15, 0.2) is 0 Å². The molecule has 0 aliphatic carbocycles. The minimum Gasteiger partial charge on any atom is -0.381 e. The Labute approximate surface area is 97.7 Å². The van der Waals surface area contributed by atoms with E-state index in [4.69, 9.17) is 20.5 Å². The van der Waals surface area contributed by atoms with E-state index in [9.17, 15) is 0 Å². The summed E-state index contributed by atoms with van der Waals surface area (Å²) >= 11 is 0. The quantitative estimate of drug-likeness (QED) is 0.667. The Hall–Kier alpha value is -0.630. The summed E-state index contributed by atoms with van der Waals surface area (Å²) in [6.07, 6.45) is 3.36. The molecule has 1 rings (SSSR count). The van der Waals surface area contributed by atoms with Gasteiger partial charge in [0.25, 0.3) is 0 Å². The Kier molecular flexibility index (Phi) is 5.75. The van der Waals surface area contributed by atoms with Crippen LogP contribution in [0.15, 0.2) is 0 Å². The zero-order valence-electron chi connectivity index (χ0n) is 10.1. The van der Waals surface area contributed by atoms with Crippen molar-refractivity contribution in [3.63, 3.8) is 0 Å². The number of hydrogen-bond donors (Lipinski definition) is 1. The average molecular weight is 226 g/mol. The zero-order chi connectivity index (χ0) is 11.9. The minimum absolute atomic E-state index is 0.560. The number of nitrogens with two attached hydrogens (primary N) is 1. The van der Waals surface area contributed by atoms with Crippen molar-refractivity contribution in [3.8, 4) is 6.07 Å². The molecule has 1 saturated heterocycles. The van der Waals surface area contributed by atoms with Crippen molar-refractivity contribution in [3.05, 3.63) is 0 Å². The summed E-state index contributed by atoms with van der Waals surface area (Å²) in [6, 6.07) is 2.16. The van der Waals surface area contributed by atoms with Crippen molar-refractivity contribution in [2.75, 3.05) is 26.4 Å². The van der Waals surface area contributed by atoms with Crippen LogP contribution in [-0.2, 0) is 9.47 Å². The fraction of sp³-hybridized carbons (Fsp3) is 0.917. The molecule has 2 atom stereocenters. The fourth-order valence-electron chi connectivity index (χ4n) is 1.77. The SMILES string of the molecule is CCC(N)(C#N)CCCOCC1CCOC1. The molecular weight excluding hydrogens is 204 g/mol. The van der Waals surface area contributed by atoms with Gasteiger partial charge in [-0.05, 0) is 25.7 Å². The summed E-state index contributed by atoms with van der Waals surface area (Å²) in [5.41, 5.74) is 5.20. The topological polar surface area (TPSA) is 68.3 Å². The van der Waals surface area contributed by atoms with Gasteiger partial charge in [-0.15, -0.1) is 0 Å². The Balaban J connectivity index is 2.01. The van der Waals surface area contributed by atoms with Crippen LogP contribution in [-0.4, -0.2) is 32.0 Å². The molecule has 0 amide bonds. The van der Waals surface area contributed by atoms with Crippen molar-refractivity contribution in [1.82, 2.24) is 0 Å². The standard InChI is InChI=1S/C12H22N2O2/c1-2-12(14,10-13)5-3-6-15-8-11-4-7-16-9-11/h11H,2-9,14H2,1H3. The average Bonchev–Trinajstić information content (AvgIpc) is 2.81. The number of hydrogen-bond acceptors (Lipinski definition) is 4. The molecule has 0 aromatic heterocycles. The monoisotopic (exact) mass is 226 g/mol. The van der Waals surface area contributed by atoms with Crippen LogP contribution < -0.4 is 5.73 Å². The predicted molar refractivity (Wildman–Crippen MR) is 61.8 cm³/mol. The summed E-state index contributed by atoms with van der Waals surface area (Å²) in [7, 11) is 0. The first-order valence-electron chi connectivity index (χ1n) is 6.06. The van der Waals surface area contributed by atoms with Crippen LogP contribution in [0.25, 0.3) is 0 Å². The highest BCUT2D eigenvalue weighted by Gasteiger charge is 2.21. The molecule has 2 unspecified atom stereocenters.